The van der Waals surface area contributed by atoms with Gasteiger partial charge in [-0.2, -0.15) is 0 Å². The highest BCUT2D eigenvalue weighted by atomic mass is 16.6. The van der Waals surface area contributed by atoms with Crippen molar-refractivity contribution in [2.45, 2.75) is 25.9 Å². The molecule has 7 nitrogen and oxygen atoms in total. The molecule has 1 unspecified atom stereocenters. The van der Waals surface area contributed by atoms with Gasteiger partial charge in [-0.05, 0) is 41.8 Å². The molecule has 7 heteroatoms. The van der Waals surface area contributed by atoms with Crippen molar-refractivity contribution in [1.82, 2.24) is 5.32 Å². The van der Waals surface area contributed by atoms with E-state index in [-0.39, 0.29) is 12.5 Å². The lowest BCUT2D eigenvalue weighted by atomic mass is 10.0. The average molecular weight is 398 g/mol. The van der Waals surface area contributed by atoms with Crippen LogP contribution in [-0.4, -0.2) is 45.4 Å². The molecule has 1 aliphatic heterocycles. The van der Waals surface area contributed by atoms with Crippen molar-refractivity contribution in [3.8, 4) is 11.5 Å². The van der Waals surface area contributed by atoms with E-state index in [9.17, 15) is 9.59 Å². The fraction of sp³-hybridized carbons (Fsp3) is 0.364. The van der Waals surface area contributed by atoms with Gasteiger partial charge in [0.25, 0.3) is 5.91 Å². The van der Waals surface area contributed by atoms with Gasteiger partial charge < -0.3 is 19.5 Å². The number of cyclic esters (lactones) is 1. The summed E-state index contributed by atoms with van der Waals surface area (Å²) in [5, 5.41) is 2.81. The summed E-state index contributed by atoms with van der Waals surface area (Å²) in [4.78, 5) is 26.3. The van der Waals surface area contributed by atoms with Crippen LogP contribution in [0.15, 0.2) is 42.5 Å². The first-order valence-electron chi connectivity index (χ1n) is 9.51. The molecule has 1 aliphatic rings. The van der Waals surface area contributed by atoms with Crippen LogP contribution in [0, 0.1) is 0 Å². The smallest absolute Gasteiger partial charge is 0.414 e. The van der Waals surface area contributed by atoms with Gasteiger partial charge in [0, 0.05) is 11.3 Å². The third-order valence-corrected chi connectivity index (χ3v) is 4.88. The second kappa shape index (κ2) is 8.86. The van der Waals surface area contributed by atoms with Gasteiger partial charge in [-0.1, -0.05) is 26.0 Å². The molecule has 1 N–H and O–H groups in total. The Bertz CT molecular complexity index is 879. The lowest BCUT2D eigenvalue weighted by molar-refractivity contribution is 0.0915. The zero-order valence-electron chi connectivity index (χ0n) is 17.1. The van der Waals surface area contributed by atoms with Crippen molar-refractivity contribution in [3.05, 3.63) is 53.6 Å². The molecule has 0 aromatic heterocycles. The van der Waals surface area contributed by atoms with Gasteiger partial charge in [0.05, 0.1) is 27.3 Å². The Balaban J connectivity index is 1.59. The Morgan fingerprint density at radius 3 is 2.45 bits per heavy atom. The molecular weight excluding hydrogens is 372 g/mol. The third kappa shape index (κ3) is 4.62. The molecule has 0 spiro atoms. The number of hydrogen-bond acceptors (Lipinski definition) is 5. The van der Waals surface area contributed by atoms with Gasteiger partial charge in [0.15, 0.2) is 11.5 Å². The van der Waals surface area contributed by atoms with Gasteiger partial charge in [-0.15, -0.1) is 0 Å². The molecule has 29 heavy (non-hydrogen) atoms. The van der Waals surface area contributed by atoms with E-state index in [1.807, 2.05) is 24.3 Å². The van der Waals surface area contributed by atoms with E-state index in [0.29, 0.717) is 29.5 Å². The van der Waals surface area contributed by atoms with Crippen molar-refractivity contribution in [2.24, 2.45) is 0 Å². The zero-order valence-corrected chi connectivity index (χ0v) is 17.1. The van der Waals surface area contributed by atoms with E-state index in [1.165, 1.54) is 19.8 Å². The first-order chi connectivity index (χ1) is 13.9. The number of hydrogen-bond donors (Lipinski definition) is 1. The SMILES string of the molecule is COc1ccc(C(=O)NCC2CN(c3ccc(C(C)C)cc3)C(=O)O2)cc1OC. The van der Waals surface area contributed by atoms with Crippen LogP contribution in [-0.2, 0) is 4.74 Å². The van der Waals surface area contributed by atoms with Gasteiger partial charge in [0.1, 0.15) is 6.10 Å². The third-order valence-electron chi connectivity index (χ3n) is 4.88. The van der Waals surface area contributed by atoms with Crippen molar-refractivity contribution >= 4 is 17.7 Å². The number of nitrogens with zero attached hydrogens (tertiary/aromatic N) is 1. The minimum Gasteiger partial charge on any atom is -0.493 e. The quantitative estimate of drug-likeness (QED) is 0.771. The number of carbonyl (C=O) groups excluding carboxylic acids is 2. The number of benzene rings is 2. The molecule has 3 rings (SSSR count). The fourth-order valence-electron chi connectivity index (χ4n) is 3.16. The highest BCUT2D eigenvalue weighted by Gasteiger charge is 2.32. The molecule has 154 valence electrons. The monoisotopic (exact) mass is 398 g/mol. The maximum atomic E-state index is 12.4. The molecule has 1 fully saturated rings. The summed E-state index contributed by atoms with van der Waals surface area (Å²) in [5.41, 5.74) is 2.43. The molecule has 1 atom stereocenters. The number of anilines is 1. The van der Waals surface area contributed by atoms with Crippen LogP contribution >= 0.6 is 0 Å². The molecule has 1 heterocycles. The van der Waals surface area contributed by atoms with Crippen molar-refractivity contribution in [2.75, 3.05) is 32.2 Å². The summed E-state index contributed by atoms with van der Waals surface area (Å²) in [6.45, 7) is 4.85. The van der Waals surface area contributed by atoms with E-state index in [2.05, 4.69) is 19.2 Å². The van der Waals surface area contributed by atoms with E-state index >= 15 is 0 Å². The van der Waals surface area contributed by atoms with Crippen LogP contribution < -0.4 is 19.7 Å². The first kappa shape index (κ1) is 20.5. The highest BCUT2D eigenvalue weighted by molar-refractivity contribution is 5.95. The van der Waals surface area contributed by atoms with Crippen LogP contribution in [0.2, 0.25) is 0 Å². The van der Waals surface area contributed by atoms with Gasteiger partial charge >= 0.3 is 6.09 Å². The molecule has 0 aliphatic carbocycles. The Hall–Kier alpha value is -3.22. The van der Waals surface area contributed by atoms with E-state index in [0.717, 1.165) is 5.69 Å². The van der Waals surface area contributed by atoms with Crippen molar-refractivity contribution in [1.29, 1.82) is 0 Å². The van der Waals surface area contributed by atoms with Crippen LogP contribution in [0.25, 0.3) is 0 Å². The number of amides is 2. The Labute approximate surface area is 170 Å². The van der Waals surface area contributed by atoms with E-state index in [1.54, 1.807) is 23.1 Å². The summed E-state index contributed by atoms with van der Waals surface area (Å²) in [5.74, 6) is 1.17. The lowest BCUT2D eigenvalue weighted by Gasteiger charge is -2.14. The Kier molecular flexibility index (Phi) is 6.26. The van der Waals surface area contributed by atoms with Gasteiger partial charge in [-0.3, -0.25) is 9.69 Å². The van der Waals surface area contributed by atoms with E-state index < -0.39 is 12.2 Å². The summed E-state index contributed by atoms with van der Waals surface area (Å²) < 4.78 is 15.8. The van der Waals surface area contributed by atoms with Crippen molar-refractivity contribution < 1.29 is 23.8 Å². The Morgan fingerprint density at radius 1 is 1.14 bits per heavy atom. The summed E-state index contributed by atoms with van der Waals surface area (Å²) in [6.07, 6.45) is -0.830. The number of rotatable bonds is 7. The maximum absolute atomic E-state index is 12.4. The highest BCUT2D eigenvalue weighted by Crippen LogP contribution is 2.28. The van der Waals surface area contributed by atoms with Crippen LogP contribution in [0.4, 0.5) is 10.5 Å². The normalized spacial score (nSPS) is 16.0. The molecule has 1 saturated heterocycles. The predicted octanol–water partition coefficient (Wildman–Crippen LogP) is 3.58. The molecule has 2 aromatic rings. The maximum Gasteiger partial charge on any atom is 0.414 e. The van der Waals surface area contributed by atoms with E-state index in [4.69, 9.17) is 14.2 Å². The molecule has 0 radical (unpaired) electrons. The topological polar surface area (TPSA) is 77.1 Å². The van der Waals surface area contributed by atoms with Gasteiger partial charge in [0.2, 0.25) is 0 Å². The molecule has 2 amide bonds. The second-order valence-corrected chi connectivity index (χ2v) is 7.14. The van der Waals surface area contributed by atoms with Crippen LogP contribution in [0.1, 0.15) is 35.7 Å². The summed E-state index contributed by atoms with van der Waals surface area (Å²) in [7, 11) is 3.05. The molecule has 0 bridgehead atoms. The van der Waals surface area contributed by atoms with Crippen LogP contribution in [0.3, 0.4) is 0 Å². The standard InChI is InChI=1S/C22H26N2O5/c1-14(2)15-5-8-17(9-6-15)24-13-18(29-22(24)26)12-23-21(25)16-7-10-19(27-3)20(11-16)28-4/h5-11,14,18H,12-13H2,1-4H3,(H,23,25). The minimum absolute atomic E-state index is 0.222. The number of methoxy groups -OCH3 is 2. The largest absolute Gasteiger partial charge is 0.493 e. The zero-order chi connectivity index (χ0) is 21.0. The number of nitrogens with one attached hydrogen (secondary N) is 1. The fourth-order valence-corrected chi connectivity index (χ4v) is 3.16. The molecular formula is C22H26N2O5. The molecule has 0 saturated carbocycles. The lowest BCUT2D eigenvalue weighted by Crippen LogP contribution is -2.34. The minimum atomic E-state index is -0.420. The number of carbonyl (C=O) groups is 2. The summed E-state index contributed by atoms with van der Waals surface area (Å²) >= 11 is 0. The van der Waals surface area contributed by atoms with Crippen LogP contribution in [0.5, 0.6) is 11.5 Å². The van der Waals surface area contributed by atoms with Crippen molar-refractivity contribution in [3.63, 3.8) is 0 Å². The molecule has 2 aromatic carbocycles. The summed E-state index contributed by atoms with van der Waals surface area (Å²) in [6, 6.07) is 12.8. The first-order valence-corrected chi connectivity index (χ1v) is 9.51. The average Bonchev–Trinajstić information content (AvgIpc) is 3.11. The predicted molar refractivity (Wildman–Crippen MR) is 110 cm³/mol. The van der Waals surface area contributed by atoms with Gasteiger partial charge in [-0.25, -0.2) is 4.79 Å². The Morgan fingerprint density at radius 2 is 1.83 bits per heavy atom. The number of ether oxygens (including phenoxy) is 3. The second-order valence-electron chi connectivity index (χ2n) is 7.14.